The Hall–Kier alpha value is -3.17. The van der Waals surface area contributed by atoms with Gasteiger partial charge in [-0.1, -0.05) is 35.9 Å². The van der Waals surface area contributed by atoms with Crippen molar-refractivity contribution < 1.29 is 13.2 Å². The van der Waals surface area contributed by atoms with Gasteiger partial charge in [-0.15, -0.1) is 0 Å². The number of para-hydroxylation sites is 1. The van der Waals surface area contributed by atoms with Gasteiger partial charge in [0.1, 0.15) is 5.69 Å². The van der Waals surface area contributed by atoms with E-state index in [0.29, 0.717) is 30.8 Å². The van der Waals surface area contributed by atoms with Crippen LogP contribution in [0.15, 0.2) is 64.3 Å². The van der Waals surface area contributed by atoms with Crippen LogP contribution in [-0.2, 0) is 21.9 Å². The summed E-state index contributed by atoms with van der Waals surface area (Å²) in [6.45, 7) is 4.12. The molecule has 2 aromatic carbocycles. The van der Waals surface area contributed by atoms with Gasteiger partial charge in [0, 0.05) is 20.1 Å². The van der Waals surface area contributed by atoms with Crippen LogP contribution in [0.2, 0.25) is 0 Å². The van der Waals surface area contributed by atoms with Crippen molar-refractivity contribution in [1.29, 1.82) is 0 Å². The van der Waals surface area contributed by atoms with E-state index in [4.69, 9.17) is 0 Å². The number of aryl methyl sites for hydroxylation is 1. The maximum atomic E-state index is 13.1. The normalized spacial score (nSPS) is 17.1. The van der Waals surface area contributed by atoms with Crippen molar-refractivity contribution in [2.45, 2.75) is 31.6 Å². The molecule has 0 unspecified atom stereocenters. The number of benzene rings is 2. The van der Waals surface area contributed by atoms with Gasteiger partial charge in [0.2, 0.25) is 15.9 Å². The molecule has 1 aliphatic heterocycles. The van der Waals surface area contributed by atoms with Crippen molar-refractivity contribution in [3.05, 3.63) is 76.2 Å². The Balaban J connectivity index is 1.55. The summed E-state index contributed by atoms with van der Waals surface area (Å²) in [6.07, 6.45) is 1.13. The molecular formula is C24H28N4O4S. The zero-order chi connectivity index (χ0) is 23.8. The Kier molecular flexibility index (Phi) is 6.27. The van der Waals surface area contributed by atoms with Gasteiger partial charge in [0.25, 0.3) is 5.56 Å². The third-order valence-electron chi connectivity index (χ3n) is 6.22. The number of rotatable bonds is 5. The molecular weight excluding hydrogens is 440 g/mol. The van der Waals surface area contributed by atoms with E-state index >= 15 is 0 Å². The minimum absolute atomic E-state index is 0.0841. The second-order valence-electron chi connectivity index (χ2n) is 8.44. The standard InChI is InChI=1S/C24H28N4O4S/c1-17-11-13-21(14-12-17)33(31,32)27-15-7-8-19(16-27)23(29)25-22-18(2)26(3)28(24(22)30)20-9-5-4-6-10-20/h4-6,9-14,19H,7-8,15-16H2,1-3H3,(H,25,29)/t19-/m1/s1. The number of carbonyl (C=O) groups excluding carboxylic acids is 1. The van der Waals surface area contributed by atoms with Crippen LogP contribution in [0.1, 0.15) is 24.1 Å². The molecule has 3 aromatic rings. The van der Waals surface area contributed by atoms with Gasteiger partial charge in [-0.2, -0.15) is 4.31 Å². The van der Waals surface area contributed by atoms with Crippen LogP contribution in [0.3, 0.4) is 0 Å². The molecule has 1 aliphatic rings. The van der Waals surface area contributed by atoms with E-state index < -0.39 is 15.9 Å². The van der Waals surface area contributed by atoms with E-state index in [1.165, 1.54) is 8.99 Å². The molecule has 2 heterocycles. The smallest absolute Gasteiger partial charge is 0.295 e. The summed E-state index contributed by atoms with van der Waals surface area (Å²) in [5, 5.41) is 2.78. The predicted octanol–water partition coefficient (Wildman–Crippen LogP) is 2.83. The van der Waals surface area contributed by atoms with Gasteiger partial charge in [0.15, 0.2) is 0 Å². The second kappa shape index (κ2) is 8.99. The Morgan fingerprint density at radius 2 is 1.70 bits per heavy atom. The molecule has 0 aliphatic carbocycles. The van der Waals surface area contributed by atoms with Gasteiger partial charge >= 0.3 is 0 Å². The monoisotopic (exact) mass is 468 g/mol. The molecule has 33 heavy (non-hydrogen) atoms. The van der Waals surface area contributed by atoms with Crippen LogP contribution in [0, 0.1) is 19.8 Å². The number of nitrogens with zero attached hydrogens (tertiary/aromatic N) is 3. The zero-order valence-electron chi connectivity index (χ0n) is 19.0. The van der Waals surface area contributed by atoms with Crippen LogP contribution in [0.25, 0.3) is 5.69 Å². The topological polar surface area (TPSA) is 93.4 Å². The summed E-state index contributed by atoms with van der Waals surface area (Å²) < 4.78 is 30.7. The highest BCUT2D eigenvalue weighted by molar-refractivity contribution is 7.89. The largest absolute Gasteiger partial charge is 0.320 e. The maximum Gasteiger partial charge on any atom is 0.295 e. The van der Waals surface area contributed by atoms with Gasteiger partial charge in [-0.3, -0.25) is 14.3 Å². The van der Waals surface area contributed by atoms with E-state index in [1.807, 2.05) is 37.3 Å². The Bertz CT molecular complexity index is 1330. The van der Waals surface area contributed by atoms with E-state index in [2.05, 4.69) is 5.32 Å². The molecule has 0 saturated carbocycles. The highest BCUT2D eigenvalue weighted by atomic mass is 32.2. The predicted molar refractivity (Wildman–Crippen MR) is 127 cm³/mol. The van der Waals surface area contributed by atoms with E-state index in [-0.39, 0.29) is 28.6 Å². The fourth-order valence-corrected chi connectivity index (χ4v) is 5.70. The lowest BCUT2D eigenvalue weighted by Gasteiger charge is -2.31. The van der Waals surface area contributed by atoms with Crippen molar-refractivity contribution >= 4 is 21.6 Å². The number of amides is 1. The molecule has 0 radical (unpaired) electrons. The van der Waals surface area contributed by atoms with Gasteiger partial charge < -0.3 is 5.32 Å². The van der Waals surface area contributed by atoms with E-state index in [1.54, 1.807) is 42.9 Å². The van der Waals surface area contributed by atoms with Crippen LogP contribution in [-0.4, -0.2) is 41.1 Å². The van der Waals surface area contributed by atoms with Crippen LogP contribution >= 0.6 is 0 Å². The number of sulfonamides is 1. The molecule has 8 nitrogen and oxygen atoms in total. The van der Waals surface area contributed by atoms with Gasteiger partial charge in [-0.05, 0) is 51.0 Å². The zero-order valence-corrected chi connectivity index (χ0v) is 19.8. The molecule has 1 aromatic heterocycles. The summed E-state index contributed by atoms with van der Waals surface area (Å²) in [6, 6.07) is 15.9. The molecule has 1 N–H and O–H groups in total. The SMILES string of the molecule is Cc1ccc(S(=O)(=O)N2CCC[C@@H](C(=O)Nc3c(C)n(C)n(-c4ccccc4)c3=O)C2)cc1. The van der Waals surface area contributed by atoms with Gasteiger partial charge in [0.05, 0.1) is 22.2 Å². The lowest BCUT2D eigenvalue weighted by Crippen LogP contribution is -2.44. The van der Waals surface area contributed by atoms with Crippen molar-refractivity contribution in [3.63, 3.8) is 0 Å². The summed E-state index contributed by atoms with van der Waals surface area (Å²) in [7, 11) is -1.93. The first kappa shape index (κ1) is 23.0. The van der Waals surface area contributed by atoms with Crippen molar-refractivity contribution in [3.8, 4) is 5.69 Å². The number of hydrogen-bond donors (Lipinski definition) is 1. The third-order valence-corrected chi connectivity index (χ3v) is 8.10. The molecule has 9 heteroatoms. The van der Waals surface area contributed by atoms with Crippen LogP contribution in [0.5, 0.6) is 0 Å². The molecule has 4 rings (SSSR count). The highest BCUT2D eigenvalue weighted by Gasteiger charge is 2.34. The third kappa shape index (κ3) is 4.38. The van der Waals surface area contributed by atoms with Crippen LogP contribution in [0.4, 0.5) is 5.69 Å². The van der Waals surface area contributed by atoms with E-state index in [0.717, 1.165) is 5.56 Å². The Morgan fingerprint density at radius 3 is 2.36 bits per heavy atom. The van der Waals surface area contributed by atoms with Crippen molar-refractivity contribution in [2.75, 3.05) is 18.4 Å². The molecule has 1 fully saturated rings. The Labute approximate surface area is 193 Å². The average Bonchev–Trinajstić information content (AvgIpc) is 3.03. The van der Waals surface area contributed by atoms with Gasteiger partial charge in [-0.25, -0.2) is 13.1 Å². The van der Waals surface area contributed by atoms with Crippen molar-refractivity contribution in [1.82, 2.24) is 13.7 Å². The number of anilines is 1. The van der Waals surface area contributed by atoms with Crippen LogP contribution < -0.4 is 10.9 Å². The first-order valence-corrected chi connectivity index (χ1v) is 12.4. The first-order valence-electron chi connectivity index (χ1n) is 10.9. The average molecular weight is 469 g/mol. The maximum absolute atomic E-state index is 13.1. The minimum Gasteiger partial charge on any atom is -0.320 e. The van der Waals surface area contributed by atoms with E-state index in [9.17, 15) is 18.0 Å². The Morgan fingerprint density at radius 1 is 1.03 bits per heavy atom. The fourth-order valence-electron chi connectivity index (χ4n) is 4.17. The molecule has 1 atom stereocenters. The quantitative estimate of drug-likeness (QED) is 0.623. The summed E-state index contributed by atoms with van der Waals surface area (Å²) in [4.78, 5) is 26.4. The lowest BCUT2D eigenvalue weighted by molar-refractivity contribution is -0.120. The summed E-state index contributed by atoms with van der Waals surface area (Å²) >= 11 is 0. The molecule has 0 bridgehead atoms. The molecule has 0 spiro atoms. The minimum atomic E-state index is -3.69. The highest BCUT2D eigenvalue weighted by Crippen LogP contribution is 2.25. The molecule has 1 amide bonds. The second-order valence-corrected chi connectivity index (χ2v) is 10.4. The first-order chi connectivity index (χ1) is 15.7. The number of piperidine rings is 1. The summed E-state index contributed by atoms with van der Waals surface area (Å²) in [5.41, 5.74) is 2.18. The van der Waals surface area contributed by atoms with Crippen molar-refractivity contribution in [2.24, 2.45) is 13.0 Å². The lowest BCUT2D eigenvalue weighted by atomic mass is 9.99. The number of nitrogens with one attached hydrogen (secondary N) is 1. The number of aromatic nitrogens is 2. The molecule has 1 saturated heterocycles. The molecule has 174 valence electrons. The summed E-state index contributed by atoms with van der Waals surface area (Å²) in [5.74, 6) is -0.882. The number of hydrogen-bond acceptors (Lipinski definition) is 4. The number of carbonyl (C=O) groups is 1. The fraction of sp³-hybridized carbons (Fsp3) is 0.333.